The van der Waals surface area contributed by atoms with Crippen molar-refractivity contribution in [2.75, 3.05) is 39.3 Å². The normalized spacial score (nSPS) is 27.1. The summed E-state index contributed by atoms with van der Waals surface area (Å²) in [4.78, 5) is 6.76. The van der Waals surface area contributed by atoms with Gasteiger partial charge in [0.15, 0.2) is 0 Å². The third kappa shape index (κ3) is 3.71. The minimum Gasteiger partial charge on any atom is -0.393 e. The summed E-state index contributed by atoms with van der Waals surface area (Å²) in [7, 11) is 0. The Hall–Kier alpha value is -0.460. The van der Waals surface area contributed by atoms with Crippen molar-refractivity contribution in [3.05, 3.63) is 21.9 Å². The van der Waals surface area contributed by atoms with E-state index in [9.17, 15) is 5.11 Å². The maximum Gasteiger partial charge on any atom is 0.0575 e. The van der Waals surface area contributed by atoms with Crippen LogP contribution in [0.5, 0.6) is 0 Å². The van der Waals surface area contributed by atoms with Gasteiger partial charge in [0.1, 0.15) is 0 Å². The molecule has 2 aliphatic heterocycles. The molecule has 3 rings (SSSR count). The molecular formula is C17H29N3OS. The third-order valence-electron chi connectivity index (χ3n) is 5.15. The van der Waals surface area contributed by atoms with E-state index in [0.717, 1.165) is 52.1 Å². The van der Waals surface area contributed by atoms with Crippen LogP contribution in [0.25, 0.3) is 0 Å². The van der Waals surface area contributed by atoms with Gasteiger partial charge < -0.3 is 15.3 Å². The van der Waals surface area contributed by atoms with E-state index in [1.807, 2.05) is 11.3 Å². The van der Waals surface area contributed by atoms with Gasteiger partial charge in [0.2, 0.25) is 0 Å². The fourth-order valence-corrected chi connectivity index (χ4v) is 4.77. The third-order valence-corrected chi connectivity index (χ3v) is 6.27. The maximum absolute atomic E-state index is 9.74. The molecule has 2 fully saturated rings. The van der Waals surface area contributed by atoms with Crippen LogP contribution in [0.1, 0.15) is 36.2 Å². The lowest BCUT2D eigenvalue weighted by molar-refractivity contribution is 0.0468. The number of nitrogens with zero attached hydrogens (tertiary/aromatic N) is 2. The van der Waals surface area contributed by atoms with Crippen LogP contribution >= 0.6 is 11.3 Å². The number of aliphatic hydroxyl groups excluding tert-OH is 1. The van der Waals surface area contributed by atoms with Crippen molar-refractivity contribution in [2.24, 2.45) is 0 Å². The number of piperazine rings is 1. The molecule has 1 aromatic rings. The average molecular weight is 324 g/mol. The van der Waals surface area contributed by atoms with E-state index in [-0.39, 0.29) is 6.10 Å². The Morgan fingerprint density at radius 3 is 2.77 bits per heavy atom. The first-order chi connectivity index (χ1) is 10.6. The van der Waals surface area contributed by atoms with E-state index >= 15 is 0 Å². The SMILES string of the molecule is Cc1ccsc1C(CN1CCC(O)CC1)N1CCNCC1C. The molecule has 2 N–H and O–H groups in total. The largest absolute Gasteiger partial charge is 0.393 e. The minimum atomic E-state index is -0.0868. The number of aliphatic hydroxyl groups is 1. The summed E-state index contributed by atoms with van der Waals surface area (Å²) in [5.41, 5.74) is 1.43. The molecule has 0 amide bonds. The molecule has 1 aromatic heterocycles. The fraction of sp³-hybridized carbons (Fsp3) is 0.765. The summed E-state index contributed by atoms with van der Waals surface area (Å²) in [6, 6.07) is 3.32. The molecule has 0 spiro atoms. The first kappa shape index (κ1) is 16.4. The number of piperidine rings is 1. The van der Waals surface area contributed by atoms with Crippen LogP contribution in [0, 0.1) is 6.92 Å². The fourth-order valence-electron chi connectivity index (χ4n) is 3.73. The highest BCUT2D eigenvalue weighted by atomic mass is 32.1. The summed E-state index contributed by atoms with van der Waals surface area (Å²) in [5.74, 6) is 0. The van der Waals surface area contributed by atoms with Gasteiger partial charge in [-0.25, -0.2) is 0 Å². The first-order valence-corrected chi connectivity index (χ1v) is 9.44. The summed E-state index contributed by atoms with van der Waals surface area (Å²) in [5, 5.41) is 15.5. The quantitative estimate of drug-likeness (QED) is 0.887. The zero-order chi connectivity index (χ0) is 15.5. The number of aryl methyl sites for hydroxylation is 1. The summed E-state index contributed by atoms with van der Waals surface area (Å²) < 4.78 is 0. The Bertz CT molecular complexity index is 470. The Morgan fingerprint density at radius 2 is 2.14 bits per heavy atom. The Kier molecular flexibility index (Phi) is 5.52. The van der Waals surface area contributed by atoms with Gasteiger partial charge in [-0.3, -0.25) is 4.90 Å². The van der Waals surface area contributed by atoms with Crippen molar-refractivity contribution in [1.29, 1.82) is 0 Å². The molecule has 2 aliphatic rings. The number of hydrogen-bond donors (Lipinski definition) is 2. The summed E-state index contributed by atoms with van der Waals surface area (Å²) >= 11 is 1.90. The molecule has 2 atom stereocenters. The second-order valence-electron chi connectivity index (χ2n) is 6.81. The second-order valence-corrected chi connectivity index (χ2v) is 7.75. The lowest BCUT2D eigenvalue weighted by Gasteiger charge is -2.42. The van der Waals surface area contributed by atoms with Gasteiger partial charge in [-0.15, -0.1) is 11.3 Å². The van der Waals surface area contributed by atoms with Gasteiger partial charge >= 0.3 is 0 Å². The molecule has 0 saturated carbocycles. The molecule has 22 heavy (non-hydrogen) atoms. The van der Waals surface area contributed by atoms with E-state index in [1.165, 1.54) is 10.4 Å². The first-order valence-electron chi connectivity index (χ1n) is 8.56. The van der Waals surface area contributed by atoms with Crippen LogP contribution in [0.3, 0.4) is 0 Å². The molecule has 0 bridgehead atoms. The standard InChI is InChI=1S/C17H29N3OS/c1-13-5-10-22-17(13)16(20-9-6-18-11-14(20)2)12-19-7-3-15(21)4-8-19/h5,10,14-16,18,21H,3-4,6-9,11-12H2,1-2H3. The van der Waals surface area contributed by atoms with Gasteiger partial charge in [-0.05, 0) is 43.7 Å². The van der Waals surface area contributed by atoms with E-state index in [2.05, 4.69) is 40.4 Å². The van der Waals surface area contributed by atoms with Crippen molar-refractivity contribution in [1.82, 2.24) is 15.1 Å². The van der Waals surface area contributed by atoms with Crippen molar-refractivity contribution >= 4 is 11.3 Å². The lowest BCUT2D eigenvalue weighted by atomic mass is 10.0. The number of likely N-dealkylation sites (tertiary alicyclic amines) is 1. The summed E-state index contributed by atoms with van der Waals surface area (Å²) in [6.07, 6.45) is 1.76. The molecule has 0 aliphatic carbocycles. The zero-order valence-electron chi connectivity index (χ0n) is 13.8. The van der Waals surface area contributed by atoms with Gasteiger partial charge in [-0.1, -0.05) is 0 Å². The Labute approximate surface area is 138 Å². The van der Waals surface area contributed by atoms with E-state index in [0.29, 0.717) is 12.1 Å². The van der Waals surface area contributed by atoms with Crippen LogP contribution in [0.4, 0.5) is 0 Å². The van der Waals surface area contributed by atoms with Gasteiger partial charge in [-0.2, -0.15) is 0 Å². The van der Waals surface area contributed by atoms with Crippen molar-refractivity contribution in [3.8, 4) is 0 Å². The molecule has 0 radical (unpaired) electrons. The molecule has 3 heterocycles. The Balaban J connectivity index is 1.75. The highest BCUT2D eigenvalue weighted by Gasteiger charge is 2.31. The number of thiophene rings is 1. The zero-order valence-corrected chi connectivity index (χ0v) is 14.6. The predicted molar refractivity (Wildman–Crippen MR) is 92.5 cm³/mol. The number of hydrogen-bond acceptors (Lipinski definition) is 5. The monoisotopic (exact) mass is 323 g/mol. The second kappa shape index (κ2) is 7.41. The molecular weight excluding hydrogens is 294 g/mol. The van der Waals surface area contributed by atoms with Crippen molar-refractivity contribution in [2.45, 2.75) is 44.9 Å². The molecule has 4 nitrogen and oxygen atoms in total. The lowest BCUT2D eigenvalue weighted by Crippen LogP contribution is -2.53. The van der Waals surface area contributed by atoms with Gasteiger partial charge in [0.05, 0.1) is 12.1 Å². The highest BCUT2D eigenvalue weighted by Crippen LogP contribution is 2.32. The van der Waals surface area contributed by atoms with E-state index in [1.54, 1.807) is 0 Å². The topological polar surface area (TPSA) is 38.7 Å². The molecule has 124 valence electrons. The molecule has 5 heteroatoms. The van der Waals surface area contributed by atoms with Crippen LogP contribution in [0.15, 0.2) is 11.4 Å². The smallest absolute Gasteiger partial charge is 0.0575 e. The van der Waals surface area contributed by atoms with Crippen molar-refractivity contribution in [3.63, 3.8) is 0 Å². The average Bonchev–Trinajstić information content (AvgIpc) is 2.94. The molecule has 2 saturated heterocycles. The number of rotatable bonds is 4. The summed E-state index contributed by atoms with van der Waals surface area (Å²) in [6.45, 7) is 11.0. The minimum absolute atomic E-state index is 0.0868. The van der Waals surface area contributed by atoms with Crippen molar-refractivity contribution < 1.29 is 5.11 Å². The molecule has 2 unspecified atom stereocenters. The van der Waals surface area contributed by atoms with Gasteiger partial charge in [0.25, 0.3) is 0 Å². The van der Waals surface area contributed by atoms with Crippen LogP contribution in [-0.2, 0) is 0 Å². The van der Waals surface area contributed by atoms with E-state index in [4.69, 9.17) is 0 Å². The predicted octanol–water partition coefficient (Wildman–Crippen LogP) is 1.85. The van der Waals surface area contributed by atoms with E-state index < -0.39 is 0 Å². The molecule has 0 aromatic carbocycles. The highest BCUT2D eigenvalue weighted by molar-refractivity contribution is 7.10. The van der Waals surface area contributed by atoms with Crippen LogP contribution in [0.2, 0.25) is 0 Å². The Morgan fingerprint density at radius 1 is 1.36 bits per heavy atom. The number of nitrogens with one attached hydrogen (secondary N) is 1. The maximum atomic E-state index is 9.74. The van der Waals surface area contributed by atoms with Crippen LogP contribution < -0.4 is 5.32 Å². The van der Waals surface area contributed by atoms with Crippen LogP contribution in [-0.4, -0.2) is 66.3 Å². The van der Waals surface area contributed by atoms with Gasteiger partial charge in [0, 0.05) is 50.2 Å².